The molecule has 3 heteroatoms. The lowest BCUT2D eigenvalue weighted by atomic mass is 10.0. The van der Waals surface area contributed by atoms with Crippen molar-refractivity contribution in [1.82, 2.24) is 9.66 Å². The molecule has 0 unspecified atom stereocenters. The average molecular weight is 233 g/mol. The van der Waals surface area contributed by atoms with Crippen LogP contribution >= 0.6 is 0 Å². The highest BCUT2D eigenvalue weighted by Crippen LogP contribution is 2.33. The Morgan fingerprint density at radius 3 is 2.06 bits per heavy atom. The first-order chi connectivity index (χ1) is 8.86. The molecule has 4 rings (SSSR count). The highest BCUT2D eigenvalue weighted by molar-refractivity contribution is 6.23. The third-order valence-electron chi connectivity index (χ3n) is 3.45. The van der Waals surface area contributed by atoms with E-state index in [4.69, 9.17) is 5.84 Å². The van der Waals surface area contributed by atoms with E-state index in [2.05, 4.69) is 41.4 Å². The highest BCUT2D eigenvalue weighted by Gasteiger charge is 2.11. The first kappa shape index (κ1) is 9.48. The second kappa shape index (κ2) is 3.23. The van der Waals surface area contributed by atoms with Gasteiger partial charge in [0.05, 0.1) is 11.0 Å². The van der Waals surface area contributed by atoms with Gasteiger partial charge in [-0.15, -0.1) is 0 Å². The minimum Gasteiger partial charge on any atom is -0.338 e. The van der Waals surface area contributed by atoms with E-state index in [9.17, 15) is 0 Å². The largest absolute Gasteiger partial charge is 0.338 e. The highest BCUT2D eigenvalue weighted by atomic mass is 15.3. The topological polar surface area (TPSA) is 43.8 Å². The summed E-state index contributed by atoms with van der Waals surface area (Å²) in [7, 11) is 0. The van der Waals surface area contributed by atoms with E-state index in [1.165, 1.54) is 10.8 Å². The van der Waals surface area contributed by atoms with E-state index in [0.717, 1.165) is 21.8 Å². The maximum atomic E-state index is 5.99. The van der Waals surface area contributed by atoms with Crippen molar-refractivity contribution in [3.05, 3.63) is 54.9 Å². The number of nitrogen functional groups attached to an aromatic ring is 1. The molecule has 0 radical (unpaired) electrons. The van der Waals surface area contributed by atoms with E-state index in [0.29, 0.717) is 0 Å². The van der Waals surface area contributed by atoms with Gasteiger partial charge >= 0.3 is 0 Å². The molecule has 0 bridgehead atoms. The lowest BCUT2D eigenvalue weighted by Gasteiger charge is -2.06. The first-order valence-electron chi connectivity index (χ1n) is 5.88. The smallest absolute Gasteiger partial charge is 0.115 e. The molecule has 4 aromatic rings. The molecule has 0 saturated carbocycles. The Balaban J connectivity index is 2.48. The number of hydrogen-bond acceptors (Lipinski definition) is 2. The number of nitrogens with two attached hydrogens (primary N) is 1. The van der Waals surface area contributed by atoms with Crippen LogP contribution in [0.5, 0.6) is 0 Å². The minimum absolute atomic E-state index is 0.965. The molecule has 2 N–H and O–H groups in total. The molecule has 0 aliphatic rings. The molecule has 3 aromatic carbocycles. The van der Waals surface area contributed by atoms with Crippen LogP contribution in [0.25, 0.3) is 32.6 Å². The van der Waals surface area contributed by atoms with Crippen LogP contribution < -0.4 is 5.84 Å². The minimum atomic E-state index is 0.965. The Bertz CT molecular complexity index is 890. The molecule has 1 aromatic heterocycles. The number of aromatic nitrogens is 2. The van der Waals surface area contributed by atoms with E-state index < -0.39 is 0 Å². The van der Waals surface area contributed by atoms with Crippen LogP contribution in [0.15, 0.2) is 54.9 Å². The number of nitrogens with zero attached hydrogens (tertiary/aromatic N) is 2. The van der Waals surface area contributed by atoms with E-state index in [-0.39, 0.29) is 0 Å². The Hall–Kier alpha value is -2.55. The molecule has 86 valence electrons. The zero-order chi connectivity index (χ0) is 12.1. The first-order valence-corrected chi connectivity index (χ1v) is 5.88. The van der Waals surface area contributed by atoms with Crippen LogP contribution in [0, 0.1) is 0 Å². The van der Waals surface area contributed by atoms with Crippen LogP contribution in [0.3, 0.4) is 0 Å². The summed E-state index contributed by atoms with van der Waals surface area (Å²) >= 11 is 0. The summed E-state index contributed by atoms with van der Waals surface area (Å²) in [6, 6.07) is 16.6. The van der Waals surface area contributed by atoms with Crippen LogP contribution in [-0.2, 0) is 0 Å². The fraction of sp³-hybridized carbons (Fsp3) is 0. The summed E-state index contributed by atoms with van der Waals surface area (Å²) in [5.41, 5.74) is 1.95. The van der Waals surface area contributed by atoms with Crippen molar-refractivity contribution < 1.29 is 0 Å². The molecule has 0 saturated heterocycles. The summed E-state index contributed by atoms with van der Waals surface area (Å²) in [4.78, 5) is 4.43. The molecule has 0 atom stereocenters. The molecule has 0 aliphatic carbocycles. The van der Waals surface area contributed by atoms with E-state index in [1.807, 2.05) is 12.1 Å². The molecule has 0 aliphatic heterocycles. The maximum absolute atomic E-state index is 5.99. The zero-order valence-corrected chi connectivity index (χ0v) is 9.67. The Kier molecular flexibility index (Phi) is 1.70. The van der Waals surface area contributed by atoms with Gasteiger partial charge < -0.3 is 5.84 Å². The Morgan fingerprint density at radius 2 is 1.33 bits per heavy atom. The molecule has 0 fully saturated rings. The molecule has 18 heavy (non-hydrogen) atoms. The third kappa shape index (κ3) is 1.06. The summed E-state index contributed by atoms with van der Waals surface area (Å²) in [5.74, 6) is 5.99. The molecular formula is C15H11N3. The lowest BCUT2D eigenvalue weighted by molar-refractivity contribution is 1.04. The summed E-state index contributed by atoms with van der Waals surface area (Å²) in [6.07, 6.45) is 1.67. The second-order valence-corrected chi connectivity index (χ2v) is 4.44. The van der Waals surface area contributed by atoms with E-state index >= 15 is 0 Å². The number of benzene rings is 3. The number of hydrogen-bond donors (Lipinski definition) is 1. The van der Waals surface area contributed by atoms with Gasteiger partial charge in [0.2, 0.25) is 0 Å². The summed E-state index contributed by atoms with van der Waals surface area (Å²) in [6.45, 7) is 0. The van der Waals surface area contributed by atoms with Crippen molar-refractivity contribution in [3.63, 3.8) is 0 Å². The normalized spacial score (nSPS) is 11.6. The molecule has 3 nitrogen and oxygen atoms in total. The number of rotatable bonds is 0. The quantitative estimate of drug-likeness (QED) is 0.374. The van der Waals surface area contributed by atoms with Gasteiger partial charge in [0.25, 0.3) is 0 Å². The van der Waals surface area contributed by atoms with Crippen molar-refractivity contribution in [1.29, 1.82) is 0 Å². The van der Waals surface area contributed by atoms with Crippen molar-refractivity contribution >= 4 is 32.6 Å². The van der Waals surface area contributed by atoms with Crippen molar-refractivity contribution in [2.75, 3.05) is 5.84 Å². The Labute approximate surface area is 103 Å². The molecule has 0 amide bonds. The SMILES string of the molecule is Nn1cnc2c3ccccc3c3ccccc3c21. The van der Waals surface area contributed by atoms with Crippen molar-refractivity contribution in [2.24, 2.45) is 0 Å². The van der Waals surface area contributed by atoms with Gasteiger partial charge in [-0.3, -0.25) is 0 Å². The van der Waals surface area contributed by atoms with Crippen LogP contribution in [-0.4, -0.2) is 9.66 Å². The van der Waals surface area contributed by atoms with Crippen molar-refractivity contribution in [2.45, 2.75) is 0 Å². The predicted molar refractivity (Wildman–Crippen MR) is 74.9 cm³/mol. The predicted octanol–water partition coefficient (Wildman–Crippen LogP) is 3.06. The number of imidazole rings is 1. The van der Waals surface area contributed by atoms with Gasteiger partial charge in [0.1, 0.15) is 6.33 Å². The van der Waals surface area contributed by atoms with Gasteiger partial charge in [-0.2, -0.15) is 0 Å². The summed E-state index contributed by atoms with van der Waals surface area (Å²) < 4.78 is 1.60. The van der Waals surface area contributed by atoms with E-state index in [1.54, 1.807) is 11.0 Å². The lowest BCUT2D eigenvalue weighted by Crippen LogP contribution is -2.05. The van der Waals surface area contributed by atoms with Gasteiger partial charge in [0.15, 0.2) is 0 Å². The van der Waals surface area contributed by atoms with Gasteiger partial charge in [-0.05, 0) is 10.8 Å². The average Bonchev–Trinajstić information content (AvgIpc) is 2.82. The fourth-order valence-electron chi connectivity index (χ4n) is 2.67. The number of fused-ring (bicyclic) bond motifs is 6. The van der Waals surface area contributed by atoms with Crippen LogP contribution in [0.2, 0.25) is 0 Å². The van der Waals surface area contributed by atoms with Gasteiger partial charge in [-0.1, -0.05) is 48.5 Å². The monoisotopic (exact) mass is 233 g/mol. The maximum Gasteiger partial charge on any atom is 0.115 e. The van der Waals surface area contributed by atoms with Gasteiger partial charge in [0, 0.05) is 10.8 Å². The molecular weight excluding hydrogens is 222 g/mol. The van der Waals surface area contributed by atoms with Crippen molar-refractivity contribution in [3.8, 4) is 0 Å². The molecule has 1 heterocycles. The third-order valence-corrected chi connectivity index (χ3v) is 3.45. The van der Waals surface area contributed by atoms with Crippen LogP contribution in [0.4, 0.5) is 0 Å². The zero-order valence-electron chi connectivity index (χ0n) is 9.67. The Morgan fingerprint density at radius 1 is 0.778 bits per heavy atom. The summed E-state index contributed by atoms with van der Waals surface area (Å²) in [5, 5.41) is 4.73. The van der Waals surface area contributed by atoms with Crippen LogP contribution in [0.1, 0.15) is 0 Å². The standard InChI is InChI=1S/C15H11N3/c16-18-9-17-14-12-7-3-1-5-10(12)11-6-2-4-8-13(11)15(14)18/h1-9H,16H2. The fourth-order valence-corrected chi connectivity index (χ4v) is 2.67. The molecule has 0 spiro atoms. The van der Waals surface area contributed by atoms with Gasteiger partial charge in [-0.25, -0.2) is 9.66 Å². The second-order valence-electron chi connectivity index (χ2n) is 4.44.